The van der Waals surface area contributed by atoms with Crippen LogP contribution in [0.1, 0.15) is 43.4 Å². The average Bonchev–Trinajstić information content (AvgIpc) is 3.23. The van der Waals surface area contributed by atoms with Crippen LogP contribution in [0.2, 0.25) is 0 Å². The van der Waals surface area contributed by atoms with Crippen molar-refractivity contribution in [1.82, 2.24) is 9.47 Å². The van der Waals surface area contributed by atoms with Gasteiger partial charge >= 0.3 is 0 Å². The van der Waals surface area contributed by atoms with E-state index in [2.05, 4.69) is 4.57 Å². The summed E-state index contributed by atoms with van der Waals surface area (Å²) in [6.45, 7) is 1.14. The zero-order valence-corrected chi connectivity index (χ0v) is 17.8. The molecule has 1 amide bonds. The first-order valence-corrected chi connectivity index (χ1v) is 11.0. The van der Waals surface area contributed by atoms with Gasteiger partial charge in [0.15, 0.2) is 6.61 Å². The van der Waals surface area contributed by atoms with Crippen LogP contribution < -0.4 is 4.74 Å². The smallest absolute Gasteiger partial charge is 0.261 e. The molecule has 0 spiro atoms. The second kappa shape index (κ2) is 10.3. The quantitative estimate of drug-likeness (QED) is 0.488. The molecule has 1 heterocycles. The Kier molecular flexibility index (Phi) is 7.03. The van der Waals surface area contributed by atoms with Crippen molar-refractivity contribution < 1.29 is 13.9 Å². The zero-order chi connectivity index (χ0) is 21.5. The number of carbonyl (C=O) groups excluding carboxylic acids is 1. The minimum absolute atomic E-state index is 0.00857. The molecule has 1 fully saturated rings. The highest BCUT2D eigenvalue weighted by Crippen LogP contribution is 2.25. The van der Waals surface area contributed by atoms with E-state index < -0.39 is 0 Å². The molecule has 0 bridgehead atoms. The molecule has 0 atom stereocenters. The molecule has 1 aliphatic carbocycles. The third-order valence-electron chi connectivity index (χ3n) is 5.94. The Morgan fingerprint density at radius 2 is 1.81 bits per heavy atom. The normalized spacial score (nSPS) is 14.4. The van der Waals surface area contributed by atoms with E-state index in [1.54, 1.807) is 12.1 Å². The number of benzene rings is 2. The molecule has 0 aliphatic heterocycles. The van der Waals surface area contributed by atoms with E-state index in [4.69, 9.17) is 4.74 Å². The fourth-order valence-electron chi connectivity index (χ4n) is 4.31. The molecule has 0 saturated heterocycles. The van der Waals surface area contributed by atoms with Gasteiger partial charge in [-0.15, -0.1) is 0 Å². The van der Waals surface area contributed by atoms with Gasteiger partial charge in [-0.3, -0.25) is 4.79 Å². The molecule has 0 unspecified atom stereocenters. The van der Waals surface area contributed by atoms with Crippen LogP contribution in [0, 0.1) is 5.82 Å². The highest BCUT2D eigenvalue weighted by atomic mass is 19.1. The summed E-state index contributed by atoms with van der Waals surface area (Å²) in [4.78, 5) is 15.2. The second-order valence-corrected chi connectivity index (χ2v) is 8.17. The van der Waals surface area contributed by atoms with Gasteiger partial charge in [0.1, 0.15) is 11.6 Å². The van der Waals surface area contributed by atoms with Crippen molar-refractivity contribution in [1.29, 1.82) is 0 Å². The van der Waals surface area contributed by atoms with Crippen molar-refractivity contribution >= 4 is 5.91 Å². The third-order valence-corrected chi connectivity index (χ3v) is 5.94. The predicted molar refractivity (Wildman–Crippen MR) is 119 cm³/mol. The summed E-state index contributed by atoms with van der Waals surface area (Å²) in [5.74, 6) is 0.478. The number of carbonyl (C=O) groups is 1. The Balaban J connectivity index is 1.48. The number of hydrogen-bond donors (Lipinski definition) is 0. The van der Waals surface area contributed by atoms with Crippen LogP contribution in [0.15, 0.2) is 72.9 Å². The van der Waals surface area contributed by atoms with Gasteiger partial charge in [-0.05, 0) is 54.8 Å². The van der Waals surface area contributed by atoms with Gasteiger partial charge in [0, 0.05) is 24.5 Å². The standard InChI is InChI=1S/C26H29FN2O2/c27-22-10-7-9-21(17-22)18-28-16-8-13-24(28)19-29(23-11-3-1-4-12-23)26(30)20-31-25-14-5-2-6-15-25/h2,5-10,13-17,23H,1,3-4,11-12,18-20H2. The number of amides is 1. The molecule has 3 aromatic rings. The lowest BCUT2D eigenvalue weighted by molar-refractivity contribution is -0.137. The summed E-state index contributed by atoms with van der Waals surface area (Å²) in [5, 5.41) is 0. The van der Waals surface area contributed by atoms with Gasteiger partial charge in [-0.1, -0.05) is 49.6 Å². The average molecular weight is 421 g/mol. The lowest BCUT2D eigenvalue weighted by atomic mass is 9.94. The van der Waals surface area contributed by atoms with Crippen LogP contribution in [0.5, 0.6) is 5.75 Å². The summed E-state index contributed by atoms with van der Waals surface area (Å²) >= 11 is 0. The van der Waals surface area contributed by atoms with Crippen LogP contribution >= 0.6 is 0 Å². The lowest BCUT2D eigenvalue weighted by Gasteiger charge is -2.34. The van der Waals surface area contributed by atoms with Gasteiger partial charge in [0.2, 0.25) is 0 Å². The first-order chi connectivity index (χ1) is 15.2. The van der Waals surface area contributed by atoms with E-state index >= 15 is 0 Å². The van der Waals surface area contributed by atoms with Crippen molar-refractivity contribution in [3.63, 3.8) is 0 Å². The lowest BCUT2D eigenvalue weighted by Crippen LogP contribution is -2.43. The monoisotopic (exact) mass is 420 g/mol. The summed E-state index contributed by atoms with van der Waals surface area (Å²) in [5.41, 5.74) is 1.95. The maximum Gasteiger partial charge on any atom is 0.261 e. The van der Waals surface area contributed by atoms with Crippen LogP contribution in [0.3, 0.4) is 0 Å². The number of halogens is 1. The number of ether oxygens (including phenoxy) is 1. The predicted octanol–water partition coefficient (Wildman–Crippen LogP) is 5.42. The van der Waals surface area contributed by atoms with Crippen molar-refractivity contribution in [2.75, 3.05) is 6.61 Å². The fraction of sp³-hybridized carbons (Fsp3) is 0.346. The topological polar surface area (TPSA) is 34.5 Å². The van der Waals surface area contributed by atoms with E-state index in [0.29, 0.717) is 18.8 Å². The SMILES string of the molecule is O=C(COc1ccccc1)N(Cc1cccn1Cc1cccc(F)c1)C1CCCCC1. The van der Waals surface area contributed by atoms with E-state index in [-0.39, 0.29) is 24.4 Å². The summed E-state index contributed by atoms with van der Waals surface area (Å²) < 4.78 is 21.5. The third kappa shape index (κ3) is 5.75. The molecule has 0 radical (unpaired) electrons. The molecule has 1 aromatic heterocycles. The Labute approximate surface area is 183 Å². The Bertz CT molecular complexity index is 980. The van der Waals surface area contributed by atoms with E-state index in [1.165, 1.54) is 12.5 Å². The maximum absolute atomic E-state index is 13.6. The van der Waals surface area contributed by atoms with Gasteiger partial charge in [-0.2, -0.15) is 0 Å². The van der Waals surface area contributed by atoms with Crippen LogP contribution in [-0.4, -0.2) is 28.0 Å². The number of para-hydroxylation sites is 1. The van der Waals surface area contributed by atoms with Crippen LogP contribution in [0.25, 0.3) is 0 Å². The Morgan fingerprint density at radius 3 is 2.58 bits per heavy atom. The molecule has 4 rings (SSSR count). The van der Waals surface area contributed by atoms with Gasteiger partial charge < -0.3 is 14.2 Å². The molecule has 1 saturated carbocycles. The fourth-order valence-corrected chi connectivity index (χ4v) is 4.31. The maximum atomic E-state index is 13.6. The minimum atomic E-state index is -0.233. The number of nitrogens with zero attached hydrogens (tertiary/aromatic N) is 2. The molecule has 1 aliphatic rings. The molecular weight excluding hydrogens is 391 g/mol. The van der Waals surface area contributed by atoms with E-state index in [0.717, 1.165) is 36.9 Å². The zero-order valence-electron chi connectivity index (χ0n) is 17.8. The number of hydrogen-bond acceptors (Lipinski definition) is 2. The largest absolute Gasteiger partial charge is 0.484 e. The minimum Gasteiger partial charge on any atom is -0.484 e. The highest BCUT2D eigenvalue weighted by molar-refractivity contribution is 5.78. The van der Waals surface area contributed by atoms with Gasteiger partial charge in [0.05, 0.1) is 6.54 Å². The van der Waals surface area contributed by atoms with Crippen molar-refractivity contribution in [3.05, 3.63) is 90.0 Å². The molecule has 5 heteroatoms. The number of rotatable bonds is 8. The Hall–Kier alpha value is -3.08. The number of aromatic nitrogens is 1. The molecule has 162 valence electrons. The molecule has 31 heavy (non-hydrogen) atoms. The van der Waals surface area contributed by atoms with Gasteiger partial charge in [0.25, 0.3) is 5.91 Å². The molecular formula is C26H29FN2O2. The first-order valence-electron chi connectivity index (χ1n) is 11.0. The van der Waals surface area contributed by atoms with Crippen LogP contribution in [-0.2, 0) is 17.9 Å². The molecule has 4 nitrogen and oxygen atoms in total. The summed E-state index contributed by atoms with van der Waals surface area (Å²) in [6.07, 6.45) is 7.58. The summed E-state index contributed by atoms with van der Waals surface area (Å²) in [7, 11) is 0. The first kappa shape index (κ1) is 21.2. The van der Waals surface area contributed by atoms with Crippen molar-refractivity contribution in [2.24, 2.45) is 0 Å². The second-order valence-electron chi connectivity index (χ2n) is 8.17. The van der Waals surface area contributed by atoms with Gasteiger partial charge in [-0.25, -0.2) is 4.39 Å². The van der Waals surface area contributed by atoms with Crippen LogP contribution in [0.4, 0.5) is 4.39 Å². The van der Waals surface area contributed by atoms with Crippen molar-refractivity contribution in [2.45, 2.75) is 51.2 Å². The van der Waals surface area contributed by atoms with E-state index in [1.807, 2.05) is 59.6 Å². The Morgan fingerprint density at radius 1 is 1.00 bits per heavy atom. The van der Waals surface area contributed by atoms with E-state index in [9.17, 15) is 9.18 Å². The highest BCUT2D eigenvalue weighted by Gasteiger charge is 2.26. The molecule has 0 N–H and O–H groups in total. The molecule has 2 aromatic carbocycles. The van der Waals surface area contributed by atoms with Crippen molar-refractivity contribution in [3.8, 4) is 5.75 Å². The summed E-state index contributed by atoms with van der Waals surface area (Å²) in [6, 6.07) is 20.4.